The van der Waals surface area contributed by atoms with Crippen LogP contribution >= 0.6 is 0 Å². The van der Waals surface area contributed by atoms with Gasteiger partial charge < -0.3 is 10.6 Å². The predicted molar refractivity (Wildman–Crippen MR) is 130 cm³/mol. The number of fused-ring (bicyclic) bond motifs is 1. The molecule has 0 aliphatic carbocycles. The summed E-state index contributed by atoms with van der Waals surface area (Å²) in [5.41, 5.74) is 3.88. The molecule has 160 valence electrons. The molecular formula is C24H34N6. The zero-order valence-electron chi connectivity index (χ0n) is 19.1. The number of benzene rings is 2. The van der Waals surface area contributed by atoms with Gasteiger partial charge in [-0.3, -0.25) is 5.10 Å². The number of rotatable bonds is 4. The maximum absolute atomic E-state index is 4.57. The Morgan fingerprint density at radius 2 is 1.47 bits per heavy atom. The molecular weight excluding hydrogens is 372 g/mol. The molecule has 0 aliphatic rings. The summed E-state index contributed by atoms with van der Waals surface area (Å²) >= 11 is 0. The molecule has 2 heterocycles. The van der Waals surface area contributed by atoms with Gasteiger partial charge in [0.05, 0.1) is 11.7 Å². The normalized spacial score (nSPS) is 9.17. The van der Waals surface area contributed by atoms with E-state index >= 15 is 0 Å². The minimum atomic E-state index is 0.554. The van der Waals surface area contributed by atoms with Gasteiger partial charge in [-0.25, -0.2) is 4.98 Å². The fourth-order valence-electron chi connectivity index (χ4n) is 2.44. The molecule has 0 amide bonds. The van der Waals surface area contributed by atoms with Crippen LogP contribution in [0.4, 0.5) is 23.1 Å². The lowest BCUT2D eigenvalue weighted by atomic mass is 10.2. The van der Waals surface area contributed by atoms with Crippen molar-refractivity contribution in [2.45, 2.75) is 48.5 Å². The largest absolute Gasteiger partial charge is 0.340 e. The molecule has 6 nitrogen and oxygen atoms in total. The quantitative estimate of drug-likeness (QED) is 0.333. The van der Waals surface area contributed by atoms with Crippen molar-refractivity contribution >= 4 is 34.0 Å². The van der Waals surface area contributed by atoms with Crippen LogP contribution in [-0.2, 0) is 0 Å². The van der Waals surface area contributed by atoms with Gasteiger partial charge in [-0.1, -0.05) is 59.7 Å². The third kappa shape index (κ3) is 6.88. The number of nitrogens with zero attached hydrogens (tertiary/aromatic N) is 3. The third-order valence-corrected chi connectivity index (χ3v) is 3.70. The van der Waals surface area contributed by atoms with Crippen molar-refractivity contribution in [2.75, 3.05) is 10.6 Å². The molecule has 0 fully saturated rings. The van der Waals surface area contributed by atoms with E-state index in [0.29, 0.717) is 5.95 Å². The first-order valence-corrected chi connectivity index (χ1v) is 10.6. The number of aromatic nitrogens is 4. The SMILES string of the molecule is CC.CC.CC.Cc1cnc(Nc2ccccc2)nc1Nc1ccc2[nH]ncc2c1. The Kier molecular flexibility index (Phi) is 11.3. The first-order chi connectivity index (χ1) is 14.8. The van der Waals surface area contributed by atoms with Gasteiger partial charge in [0.15, 0.2) is 0 Å². The number of nitrogens with one attached hydrogen (secondary N) is 3. The highest BCUT2D eigenvalue weighted by molar-refractivity contribution is 5.82. The average molecular weight is 407 g/mol. The second-order valence-corrected chi connectivity index (χ2v) is 5.51. The minimum Gasteiger partial charge on any atom is -0.340 e. The molecule has 4 rings (SSSR count). The van der Waals surface area contributed by atoms with Crippen molar-refractivity contribution in [3.05, 3.63) is 66.5 Å². The zero-order chi connectivity index (χ0) is 22.4. The van der Waals surface area contributed by atoms with Gasteiger partial charge in [-0.15, -0.1) is 0 Å². The lowest BCUT2D eigenvalue weighted by molar-refractivity contribution is 1.12. The molecule has 2 aromatic carbocycles. The number of aryl methyl sites for hydroxylation is 1. The second-order valence-electron chi connectivity index (χ2n) is 5.51. The van der Waals surface area contributed by atoms with Crippen LogP contribution in [-0.4, -0.2) is 20.2 Å². The van der Waals surface area contributed by atoms with E-state index in [0.717, 1.165) is 33.7 Å². The monoisotopic (exact) mass is 406 g/mol. The van der Waals surface area contributed by atoms with Crippen LogP contribution < -0.4 is 10.6 Å². The number of hydrogen-bond acceptors (Lipinski definition) is 5. The van der Waals surface area contributed by atoms with Crippen LogP contribution in [0.2, 0.25) is 0 Å². The molecule has 2 aromatic heterocycles. The summed E-state index contributed by atoms with van der Waals surface area (Å²) in [5.74, 6) is 1.32. The highest BCUT2D eigenvalue weighted by Crippen LogP contribution is 2.23. The molecule has 0 radical (unpaired) electrons. The van der Waals surface area contributed by atoms with E-state index in [9.17, 15) is 0 Å². The fourth-order valence-corrected chi connectivity index (χ4v) is 2.44. The van der Waals surface area contributed by atoms with E-state index in [2.05, 4.69) is 30.8 Å². The molecule has 0 saturated heterocycles. The topological polar surface area (TPSA) is 78.5 Å². The van der Waals surface area contributed by atoms with Crippen LogP contribution in [0, 0.1) is 6.92 Å². The Morgan fingerprint density at radius 3 is 2.17 bits per heavy atom. The molecule has 30 heavy (non-hydrogen) atoms. The molecule has 0 atom stereocenters. The summed E-state index contributed by atoms with van der Waals surface area (Å²) < 4.78 is 0. The van der Waals surface area contributed by atoms with Gasteiger partial charge in [0.2, 0.25) is 5.95 Å². The maximum Gasteiger partial charge on any atom is 0.229 e. The van der Waals surface area contributed by atoms with Gasteiger partial charge in [0.1, 0.15) is 5.82 Å². The van der Waals surface area contributed by atoms with Crippen molar-refractivity contribution in [2.24, 2.45) is 0 Å². The van der Waals surface area contributed by atoms with Gasteiger partial charge in [0.25, 0.3) is 0 Å². The predicted octanol–water partition coefficient (Wildman–Crippen LogP) is 7.23. The Balaban J connectivity index is 0.000000691. The van der Waals surface area contributed by atoms with Crippen LogP contribution in [0.1, 0.15) is 47.1 Å². The summed E-state index contributed by atoms with van der Waals surface area (Å²) in [7, 11) is 0. The lowest BCUT2D eigenvalue weighted by Crippen LogP contribution is -2.02. The summed E-state index contributed by atoms with van der Waals surface area (Å²) in [5, 5.41) is 14.6. The highest BCUT2D eigenvalue weighted by Gasteiger charge is 2.06. The molecule has 3 N–H and O–H groups in total. The maximum atomic E-state index is 4.57. The first kappa shape index (κ1) is 24.6. The van der Waals surface area contributed by atoms with Crippen molar-refractivity contribution in [1.82, 2.24) is 20.2 Å². The van der Waals surface area contributed by atoms with Crippen LogP contribution in [0.25, 0.3) is 10.9 Å². The van der Waals surface area contributed by atoms with E-state index in [1.54, 1.807) is 12.4 Å². The minimum absolute atomic E-state index is 0.554. The van der Waals surface area contributed by atoms with E-state index < -0.39 is 0 Å². The Bertz CT molecular complexity index is 979. The molecule has 0 spiro atoms. The van der Waals surface area contributed by atoms with Crippen molar-refractivity contribution in [3.63, 3.8) is 0 Å². The number of hydrogen-bond donors (Lipinski definition) is 3. The van der Waals surface area contributed by atoms with E-state index in [-0.39, 0.29) is 0 Å². The number of anilines is 4. The van der Waals surface area contributed by atoms with E-state index in [1.807, 2.05) is 97.0 Å². The molecule has 0 unspecified atom stereocenters. The third-order valence-electron chi connectivity index (χ3n) is 3.70. The molecule has 0 saturated carbocycles. The fraction of sp³-hybridized carbons (Fsp3) is 0.292. The Labute approximate surface area is 180 Å². The number of H-pyrrole nitrogens is 1. The number of aromatic amines is 1. The summed E-state index contributed by atoms with van der Waals surface area (Å²) in [6, 6.07) is 15.9. The summed E-state index contributed by atoms with van der Waals surface area (Å²) in [6.07, 6.45) is 3.60. The first-order valence-electron chi connectivity index (χ1n) is 10.6. The van der Waals surface area contributed by atoms with Crippen LogP contribution in [0.5, 0.6) is 0 Å². The van der Waals surface area contributed by atoms with E-state index in [4.69, 9.17) is 0 Å². The second kappa shape index (κ2) is 13.7. The summed E-state index contributed by atoms with van der Waals surface area (Å²) in [4.78, 5) is 8.91. The Morgan fingerprint density at radius 1 is 0.767 bits per heavy atom. The van der Waals surface area contributed by atoms with Gasteiger partial charge in [-0.05, 0) is 37.3 Å². The smallest absolute Gasteiger partial charge is 0.229 e. The van der Waals surface area contributed by atoms with E-state index in [1.165, 1.54) is 0 Å². The molecule has 6 heteroatoms. The molecule has 0 bridgehead atoms. The van der Waals surface area contributed by atoms with Crippen molar-refractivity contribution in [1.29, 1.82) is 0 Å². The zero-order valence-corrected chi connectivity index (χ0v) is 19.1. The van der Waals surface area contributed by atoms with Crippen molar-refractivity contribution < 1.29 is 0 Å². The van der Waals surface area contributed by atoms with Gasteiger partial charge in [-0.2, -0.15) is 10.1 Å². The van der Waals surface area contributed by atoms with Gasteiger partial charge in [0, 0.05) is 28.5 Å². The standard InChI is InChI=1S/C18H16N6.3C2H6/c1-12-10-19-18(22-14-5-3-2-4-6-14)23-17(12)21-15-7-8-16-13(9-15)11-20-24-16;3*1-2/h2-11H,1H3,(H,20,24)(H2,19,21,22,23);3*1-2H3. The van der Waals surface area contributed by atoms with Gasteiger partial charge >= 0.3 is 0 Å². The van der Waals surface area contributed by atoms with Crippen molar-refractivity contribution in [3.8, 4) is 0 Å². The highest BCUT2D eigenvalue weighted by atomic mass is 15.1. The molecule has 4 aromatic rings. The lowest BCUT2D eigenvalue weighted by Gasteiger charge is -2.11. The summed E-state index contributed by atoms with van der Waals surface area (Å²) in [6.45, 7) is 14.0. The Hall–Kier alpha value is -3.41. The van der Waals surface area contributed by atoms with Crippen LogP contribution in [0.15, 0.2) is 60.9 Å². The average Bonchev–Trinajstić information content (AvgIpc) is 3.29. The van der Waals surface area contributed by atoms with Crippen LogP contribution in [0.3, 0.4) is 0 Å². The number of para-hydroxylation sites is 1. The molecule has 0 aliphatic heterocycles.